The maximum absolute atomic E-state index is 13.5. The molecular weight excluding hydrogens is 429 g/mol. The first-order valence-corrected chi connectivity index (χ1v) is 11.3. The molecule has 0 aliphatic carbocycles. The van der Waals surface area contributed by atoms with E-state index in [4.69, 9.17) is 21.6 Å². The third-order valence-electron chi connectivity index (χ3n) is 6.09. The van der Waals surface area contributed by atoms with Gasteiger partial charge in [0.15, 0.2) is 11.0 Å². The molecule has 1 atom stereocenters. The van der Waals surface area contributed by atoms with Gasteiger partial charge in [-0.2, -0.15) is 4.98 Å². The Balaban J connectivity index is 1.45. The highest BCUT2D eigenvalue weighted by Crippen LogP contribution is 2.30. The van der Waals surface area contributed by atoms with Crippen LogP contribution in [0.3, 0.4) is 0 Å². The minimum atomic E-state index is -0.254. The lowest BCUT2D eigenvalue weighted by atomic mass is 10.1. The highest BCUT2D eigenvalue weighted by Gasteiger charge is 2.28. The zero-order valence-electron chi connectivity index (χ0n) is 18.0. The number of hydrogen-bond donors (Lipinski definition) is 0. The molecule has 2 aliphatic rings. The van der Waals surface area contributed by atoms with Crippen molar-refractivity contribution in [3.63, 3.8) is 0 Å². The van der Waals surface area contributed by atoms with Gasteiger partial charge in [-0.25, -0.2) is 19.3 Å². The second-order valence-corrected chi connectivity index (χ2v) is 8.63. The summed E-state index contributed by atoms with van der Waals surface area (Å²) < 4.78 is 13.5. The van der Waals surface area contributed by atoms with Crippen molar-refractivity contribution in [1.82, 2.24) is 19.9 Å². The molecule has 2 aliphatic heterocycles. The number of halogens is 2. The number of aromatic nitrogens is 4. The molecular formula is C23H25ClFN7. The van der Waals surface area contributed by atoms with Gasteiger partial charge in [-0.05, 0) is 44.0 Å². The fourth-order valence-corrected chi connectivity index (χ4v) is 4.64. The van der Waals surface area contributed by atoms with E-state index in [2.05, 4.69) is 31.6 Å². The first kappa shape index (κ1) is 20.9. The van der Waals surface area contributed by atoms with Gasteiger partial charge in [0.25, 0.3) is 0 Å². The van der Waals surface area contributed by atoms with Gasteiger partial charge in [0.2, 0.25) is 5.95 Å². The van der Waals surface area contributed by atoms with Crippen LogP contribution in [0.4, 0.5) is 22.0 Å². The molecule has 0 N–H and O–H groups in total. The minimum absolute atomic E-state index is 0.184. The molecule has 32 heavy (non-hydrogen) atoms. The zero-order chi connectivity index (χ0) is 22.1. The van der Waals surface area contributed by atoms with Crippen molar-refractivity contribution < 1.29 is 4.39 Å². The second kappa shape index (κ2) is 8.86. The van der Waals surface area contributed by atoms with Crippen LogP contribution in [-0.2, 0) is 0 Å². The summed E-state index contributed by atoms with van der Waals surface area (Å²) in [6.07, 6.45) is 5.56. The van der Waals surface area contributed by atoms with E-state index in [0.717, 1.165) is 68.6 Å². The Morgan fingerprint density at radius 2 is 1.69 bits per heavy atom. The van der Waals surface area contributed by atoms with Crippen molar-refractivity contribution in [1.29, 1.82) is 0 Å². The van der Waals surface area contributed by atoms with Crippen molar-refractivity contribution in [3.8, 4) is 11.3 Å². The maximum atomic E-state index is 13.5. The zero-order valence-corrected chi connectivity index (χ0v) is 18.7. The molecule has 0 radical (unpaired) electrons. The largest absolute Gasteiger partial charge is 0.350 e. The average molecular weight is 454 g/mol. The summed E-state index contributed by atoms with van der Waals surface area (Å²) in [6, 6.07) is 8.68. The van der Waals surface area contributed by atoms with Gasteiger partial charge < -0.3 is 14.7 Å². The summed E-state index contributed by atoms with van der Waals surface area (Å²) in [6.45, 7) is 6.38. The lowest BCUT2D eigenvalue weighted by molar-refractivity contribution is 0.542. The molecule has 0 unspecified atom stereocenters. The fraction of sp³-hybridized carbons (Fsp3) is 0.391. The van der Waals surface area contributed by atoms with Crippen molar-refractivity contribution >= 4 is 29.2 Å². The molecule has 0 saturated carbocycles. The quantitative estimate of drug-likeness (QED) is 0.590. The topological polar surface area (TPSA) is 61.3 Å². The van der Waals surface area contributed by atoms with Gasteiger partial charge in [0, 0.05) is 62.8 Å². The van der Waals surface area contributed by atoms with E-state index in [1.165, 1.54) is 12.1 Å². The molecule has 2 aromatic heterocycles. The third kappa shape index (κ3) is 4.19. The summed E-state index contributed by atoms with van der Waals surface area (Å²) in [7, 11) is 0. The van der Waals surface area contributed by atoms with Crippen LogP contribution in [0, 0.1) is 5.82 Å². The number of anilines is 3. The standard InChI is InChI=1S/C23H25ClFN7/c1-16-15-31(22-21(24)26-8-9-27-22)12-13-32(16)20-14-19(17-4-6-18(25)7-5-17)28-23(29-20)30-10-2-3-11-30/h4-9,14,16H,2-3,10-13,15H2,1H3/t16-/m1/s1. The Morgan fingerprint density at radius 1 is 0.938 bits per heavy atom. The van der Waals surface area contributed by atoms with Crippen LogP contribution < -0.4 is 14.7 Å². The third-order valence-corrected chi connectivity index (χ3v) is 6.35. The average Bonchev–Trinajstić information content (AvgIpc) is 3.35. The number of nitrogens with zero attached hydrogens (tertiary/aromatic N) is 7. The van der Waals surface area contributed by atoms with Crippen molar-refractivity contribution in [2.24, 2.45) is 0 Å². The summed E-state index contributed by atoms with van der Waals surface area (Å²) in [5.41, 5.74) is 1.69. The van der Waals surface area contributed by atoms with Gasteiger partial charge in [-0.1, -0.05) is 11.6 Å². The number of hydrogen-bond acceptors (Lipinski definition) is 7. The maximum Gasteiger partial charge on any atom is 0.227 e. The molecule has 1 aromatic carbocycles. The van der Waals surface area contributed by atoms with E-state index >= 15 is 0 Å². The SMILES string of the molecule is C[C@@H]1CN(c2nccnc2Cl)CCN1c1cc(-c2ccc(F)cc2)nc(N2CCCC2)n1. The van der Waals surface area contributed by atoms with Crippen LogP contribution in [0.15, 0.2) is 42.7 Å². The molecule has 7 nitrogen and oxygen atoms in total. The van der Waals surface area contributed by atoms with E-state index in [-0.39, 0.29) is 11.9 Å². The van der Waals surface area contributed by atoms with E-state index < -0.39 is 0 Å². The molecule has 2 fully saturated rings. The van der Waals surface area contributed by atoms with E-state index in [9.17, 15) is 4.39 Å². The summed E-state index contributed by atoms with van der Waals surface area (Å²) in [4.78, 5) is 25.0. The molecule has 4 heterocycles. The number of piperazine rings is 1. The van der Waals surface area contributed by atoms with Gasteiger partial charge in [-0.3, -0.25) is 0 Å². The van der Waals surface area contributed by atoms with Crippen molar-refractivity contribution in [2.45, 2.75) is 25.8 Å². The van der Waals surface area contributed by atoms with Crippen LogP contribution >= 0.6 is 11.6 Å². The lowest BCUT2D eigenvalue weighted by Crippen LogP contribution is -2.52. The van der Waals surface area contributed by atoms with E-state index in [1.54, 1.807) is 24.5 Å². The number of benzene rings is 1. The van der Waals surface area contributed by atoms with Gasteiger partial charge >= 0.3 is 0 Å². The molecule has 2 saturated heterocycles. The van der Waals surface area contributed by atoms with Crippen LogP contribution in [0.2, 0.25) is 5.15 Å². The Bertz CT molecular complexity index is 1090. The van der Waals surface area contributed by atoms with Gasteiger partial charge in [-0.15, -0.1) is 0 Å². The predicted molar refractivity (Wildman–Crippen MR) is 125 cm³/mol. The Morgan fingerprint density at radius 3 is 2.41 bits per heavy atom. The van der Waals surface area contributed by atoms with Crippen LogP contribution in [0.1, 0.15) is 19.8 Å². The summed E-state index contributed by atoms with van der Waals surface area (Å²) in [5.74, 6) is 2.09. The first-order valence-electron chi connectivity index (χ1n) is 11.0. The fourth-order valence-electron chi connectivity index (χ4n) is 4.41. The van der Waals surface area contributed by atoms with Gasteiger partial charge in [0.05, 0.1) is 5.69 Å². The molecule has 166 valence electrons. The van der Waals surface area contributed by atoms with Crippen molar-refractivity contribution in [2.75, 3.05) is 47.4 Å². The lowest BCUT2D eigenvalue weighted by Gasteiger charge is -2.41. The smallest absolute Gasteiger partial charge is 0.227 e. The molecule has 0 spiro atoms. The van der Waals surface area contributed by atoms with Crippen molar-refractivity contribution in [3.05, 3.63) is 53.7 Å². The molecule has 3 aromatic rings. The van der Waals surface area contributed by atoms with Gasteiger partial charge in [0.1, 0.15) is 11.6 Å². The normalized spacial score (nSPS) is 19.0. The Labute approximate surface area is 191 Å². The minimum Gasteiger partial charge on any atom is -0.350 e. The molecule has 0 amide bonds. The van der Waals surface area contributed by atoms with Crippen LogP contribution in [0.25, 0.3) is 11.3 Å². The van der Waals surface area contributed by atoms with Crippen LogP contribution in [-0.4, -0.2) is 58.7 Å². The Kier molecular flexibility index (Phi) is 5.78. The van der Waals surface area contributed by atoms with E-state index in [1.807, 2.05) is 6.07 Å². The highest BCUT2D eigenvalue weighted by atomic mass is 35.5. The Hall–Kier alpha value is -3.00. The molecule has 5 rings (SSSR count). The van der Waals surface area contributed by atoms with Crippen LogP contribution in [0.5, 0.6) is 0 Å². The highest BCUT2D eigenvalue weighted by molar-refractivity contribution is 6.31. The monoisotopic (exact) mass is 453 g/mol. The predicted octanol–water partition coefficient (Wildman–Crippen LogP) is 4.04. The number of rotatable bonds is 4. The summed E-state index contributed by atoms with van der Waals surface area (Å²) in [5, 5.41) is 0.421. The molecule has 0 bridgehead atoms. The summed E-state index contributed by atoms with van der Waals surface area (Å²) >= 11 is 6.27. The molecule has 9 heteroatoms. The first-order chi connectivity index (χ1) is 15.6. The second-order valence-electron chi connectivity index (χ2n) is 8.27. The van der Waals surface area contributed by atoms with E-state index in [0.29, 0.717) is 11.0 Å².